The van der Waals surface area contributed by atoms with Gasteiger partial charge in [-0.25, -0.2) is 0 Å². The van der Waals surface area contributed by atoms with Gasteiger partial charge in [0.05, 0.1) is 19.9 Å². The van der Waals surface area contributed by atoms with Crippen LogP contribution in [0.25, 0.3) is 0 Å². The van der Waals surface area contributed by atoms with E-state index in [0.29, 0.717) is 17.2 Å². The van der Waals surface area contributed by atoms with E-state index in [1.165, 1.54) is 0 Å². The minimum Gasteiger partial charge on any atom is -0.497 e. The molecule has 0 aliphatic rings. The van der Waals surface area contributed by atoms with Crippen LogP contribution in [0.1, 0.15) is 11.6 Å². The van der Waals surface area contributed by atoms with Crippen LogP contribution in [-0.2, 0) is 4.79 Å². The first-order valence-corrected chi connectivity index (χ1v) is 7.31. The van der Waals surface area contributed by atoms with Crippen LogP contribution in [0.4, 0.5) is 5.69 Å². The third kappa shape index (κ3) is 4.02. The fourth-order valence-corrected chi connectivity index (χ4v) is 2.42. The Morgan fingerprint density at radius 2 is 1.74 bits per heavy atom. The highest BCUT2D eigenvalue weighted by atomic mass is 16.5. The van der Waals surface area contributed by atoms with Crippen LogP contribution in [-0.4, -0.2) is 39.1 Å². The van der Waals surface area contributed by atoms with E-state index in [0.717, 1.165) is 5.56 Å². The van der Waals surface area contributed by atoms with Crippen molar-refractivity contribution in [2.24, 2.45) is 0 Å². The number of nitrogens with zero attached hydrogens (tertiary/aromatic N) is 1. The molecule has 2 rings (SSSR count). The molecule has 0 saturated carbocycles. The van der Waals surface area contributed by atoms with Crippen molar-refractivity contribution < 1.29 is 14.3 Å². The lowest BCUT2D eigenvalue weighted by Crippen LogP contribution is -2.32. The van der Waals surface area contributed by atoms with Crippen molar-refractivity contribution in [2.75, 3.05) is 33.6 Å². The van der Waals surface area contributed by atoms with E-state index in [1.807, 2.05) is 49.3 Å². The molecule has 0 heterocycles. The Balaban J connectivity index is 2.26. The van der Waals surface area contributed by atoms with E-state index < -0.39 is 0 Å². The first-order chi connectivity index (χ1) is 11.1. The van der Waals surface area contributed by atoms with Crippen molar-refractivity contribution in [1.29, 1.82) is 0 Å². The number of ether oxygens (including phenoxy) is 2. The Hall–Kier alpha value is -2.53. The van der Waals surface area contributed by atoms with Crippen LogP contribution in [0.2, 0.25) is 0 Å². The number of rotatable bonds is 6. The highest BCUT2D eigenvalue weighted by Crippen LogP contribution is 2.30. The molecule has 5 nitrogen and oxygen atoms in total. The maximum Gasteiger partial charge on any atom is 0.246 e. The molecular weight excluding hydrogens is 292 g/mol. The third-order valence-corrected chi connectivity index (χ3v) is 3.55. The van der Waals surface area contributed by atoms with E-state index in [1.54, 1.807) is 32.4 Å². The minimum atomic E-state index is -0.386. The summed E-state index contributed by atoms with van der Waals surface area (Å²) in [5.41, 5.74) is 1.54. The summed E-state index contributed by atoms with van der Waals surface area (Å²) in [5.74, 6) is 1.11. The van der Waals surface area contributed by atoms with Crippen molar-refractivity contribution in [3.05, 3.63) is 54.1 Å². The number of nitrogens with one attached hydrogen (secondary N) is 1. The molecule has 2 aromatic rings. The molecule has 0 radical (unpaired) electrons. The Labute approximate surface area is 136 Å². The zero-order chi connectivity index (χ0) is 16.8. The molecule has 1 atom stereocenters. The minimum absolute atomic E-state index is 0.121. The summed E-state index contributed by atoms with van der Waals surface area (Å²) >= 11 is 0. The van der Waals surface area contributed by atoms with Crippen LogP contribution < -0.4 is 14.8 Å². The Morgan fingerprint density at radius 3 is 2.30 bits per heavy atom. The van der Waals surface area contributed by atoms with Gasteiger partial charge in [0.15, 0.2) is 0 Å². The van der Waals surface area contributed by atoms with E-state index in [4.69, 9.17) is 9.47 Å². The molecule has 0 saturated heterocycles. The van der Waals surface area contributed by atoms with E-state index >= 15 is 0 Å². The average Bonchev–Trinajstić information content (AvgIpc) is 2.56. The van der Waals surface area contributed by atoms with Crippen LogP contribution in [0, 0.1) is 0 Å². The molecule has 0 aromatic heterocycles. The van der Waals surface area contributed by atoms with Crippen molar-refractivity contribution in [1.82, 2.24) is 4.90 Å². The van der Waals surface area contributed by atoms with Gasteiger partial charge in [-0.15, -0.1) is 0 Å². The molecule has 122 valence electrons. The van der Waals surface area contributed by atoms with Gasteiger partial charge in [-0.2, -0.15) is 0 Å². The van der Waals surface area contributed by atoms with Crippen molar-refractivity contribution >= 4 is 11.6 Å². The molecule has 2 aromatic carbocycles. The summed E-state index contributed by atoms with van der Waals surface area (Å²) in [6, 6.07) is 14.6. The van der Waals surface area contributed by atoms with Crippen LogP contribution >= 0.6 is 0 Å². The number of amides is 1. The summed E-state index contributed by atoms with van der Waals surface area (Å²) < 4.78 is 10.5. The number of benzene rings is 2. The quantitative estimate of drug-likeness (QED) is 0.890. The molecule has 0 bridgehead atoms. The molecule has 0 fully saturated rings. The van der Waals surface area contributed by atoms with E-state index in [9.17, 15) is 4.79 Å². The Bertz CT molecular complexity index is 657. The normalized spacial score (nSPS) is 11.9. The second-order valence-electron chi connectivity index (χ2n) is 5.33. The largest absolute Gasteiger partial charge is 0.497 e. The second-order valence-corrected chi connectivity index (χ2v) is 5.33. The zero-order valence-corrected chi connectivity index (χ0v) is 13.9. The van der Waals surface area contributed by atoms with E-state index in [2.05, 4.69) is 5.32 Å². The van der Waals surface area contributed by atoms with Gasteiger partial charge in [-0.3, -0.25) is 9.69 Å². The van der Waals surface area contributed by atoms with Gasteiger partial charge in [0.1, 0.15) is 17.5 Å². The smallest absolute Gasteiger partial charge is 0.246 e. The Morgan fingerprint density at radius 1 is 1.04 bits per heavy atom. The van der Waals surface area contributed by atoms with E-state index in [-0.39, 0.29) is 11.9 Å². The van der Waals surface area contributed by atoms with Crippen molar-refractivity contribution in [2.45, 2.75) is 6.04 Å². The molecule has 23 heavy (non-hydrogen) atoms. The topological polar surface area (TPSA) is 50.8 Å². The van der Waals surface area contributed by atoms with Crippen molar-refractivity contribution in [3.8, 4) is 11.5 Å². The third-order valence-electron chi connectivity index (χ3n) is 3.55. The fraction of sp³-hybridized carbons (Fsp3) is 0.278. The SMILES string of the molecule is COc1ccc(NC(=O)C(c2ccccc2)N(C)C)c(OC)c1. The monoisotopic (exact) mass is 314 g/mol. The standard InChI is InChI=1S/C18H22N2O3/c1-20(2)17(13-8-6-5-7-9-13)18(21)19-15-11-10-14(22-3)12-16(15)23-4/h5-12,17H,1-4H3,(H,19,21). The molecule has 5 heteroatoms. The van der Waals surface area contributed by atoms with Crippen molar-refractivity contribution in [3.63, 3.8) is 0 Å². The molecule has 1 amide bonds. The number of anilines is 1. The van der Waals surface area contributed by atoms with Gasteiger partial charge in [-0.05, 0) is 31.8 Å². The number of carbonyl (C=O) groups is 1. The fourth-order valence-electron chi connectivity index (χ4n) is 2.42. The lowest BCUT2D eigenvalue weighted by atomic mass is 10.1. The second kappa shape index (κ2) is 7.65. The number of hydrogen-bond donors (Lipinski definition) is 1. The van der Waals surface area contributed by atoms with Gasteiger partial charge in [0.25, 0.3) is 0 Å². The molecular formula is C18H22N2O3. The highest BCUT2D eigenvalue weighted by Gasteiger charge is 2.23. The van der Waals surface area contributed by atoms with Gasteiger partial charge in [0.2, 0.25) is 5.91 Å². The number of hydrogen-bond acceptors (Lipinski definition) is 4. The number of methoxy groups -OCH3 is 2. The van der Waals surface area contributed by atoms with Crippen LogP contribution in [0.5, 0.6) is 11.5 Å². The summed E-state index contributed by atoms with van der Waals surface area (Å²) in [5, 5.41) is 2.93. The molecule has 1 unspecified atom stereocenters. The lowest BCUT2D eigenvalue weighted by Gasteiger charge is -2.24. The first-order valence-electron chi connectivity index (χ1n) is 7.31. The molecule has 0 spiro atoms. The van der Waals surface area contributed by atoms with Gasteiger partial charge in [-0.1, -0.05) is 30.3 Å². The first kappa shape index (κ1) is 16.8. The zero-order valence-electron chi connectivity index (χ0n) is 13.9. The van der Waals surface area contributed by atoms with Crippen LogP contribution in [0.3, 0.4) is 0 Å². The maximum absolute atomic E-state index is 12.7. The van der Waals surface area contributed by atoms with Gasteiger partial charge < -0.3 is 14.8 Å². The highest BCUT2D eigenvalue weighted by molar-refractivity contribution is 5.96. The maximum atomic E-state index is 12.7. The number of likely N-dealkylation sites (N-methyl/N-ethyl adjacent to an activating group) is 1. The predicted octanol–water partition coefficient (Wildman–Crippen LogP) is 2.95. The average molecular weight is 314 g/mol. The molecule has 0 aliphatic carbocycles. The summed E-state index contributed by atoms with van der Waals surface area (Å²) in [6.45, 7) is 0. The predicted molar refractivity (Wildman–Crippen MR) is 91.0 cm³/mol. The summed E-state index contributed by atoms with van der Waals surface area (Å²) in [4.78, 5) is 14.6. The number of carbonyl (C=O) groups excluding carboxylic acids is 1. The molecule has 1 N–H and O–H groups in total. The van der Waals surface area contributed by atoms with Gasteiger partial charge >= 0.3 is 0 Å². The molecule has 0 aliphatic heterocycles. The van der Waals surface area contributed by atoms with Gasteiger partial charge in [0, 0.05) is 6.07 Å². The Kier molecular flexibility index (Phi) is 5.60. The lowest BCUT2D eigenvalue weighted by molar-refractivity contribution is -0.120. The van der Waals surface area contributed by atoms with Crippen LogP contribution in [0.15, 0.2) is 48.5 Å². The summed E-state index contributed by atoms with van der Waals surface area (Å²) in [6.07, 6.45) is 0. The summed E-state index contributed by atoms with van der Waals surface area (Å²) in [7, 11) is 6.90.